The molecule has 0 radical (unpaired) electrons. The maximum Gasteiger partial charge on any atom is 0.339 e. The predicted molar refractivity (Wildman–Crippen MR) is 126 cm³/mol. The minimum atomic E-state index is -3.73. The predicted octanol–water partition coefficient (Wildman–Crippen LogP) is 3.49. The van der Waals surface area contributed by atoms with Crippen molar-refractivity contribution >= 4 is 39.3 Å². The molecule has 0 saturated heterocycles. The van der Waals surface area contributed by atoms with Crippen LogP contribution < -0.4 is 5.32 Å². The minimum Gasteiger partial charge on any atom is -0.454 e. The molecule has 3 aromatic rings. The summed E-state index contributed by atoms with van der Waals surface area (Å²) in [5.74, 6) is -0.726. The highest BCUT2D eigenvalue weighted by Crippen LogP contribution is 2.25. The van der Waals surface area contributed by atoms with Crippen LogP contribution >= 0.6 is 11.8 Å². The quantitative estimate of drug-likeness (QED) is 0.350. The van der Waals surface area contributed by atoms with Gasteiger partial charge in [-0.1, -0.05) is 18.2 Å². The number of carbonyl (C=O) groups is 2. The van der Waals surface area contributed by atoms with Gasteiger partial charge in [-0.15, -0.1) is 11.8 Å². The average molecular weight is 500 g/mol. The molecule has 0 aliphatic carbocycles. The summed E-state index contributed by atoms with van der Waals surface area (Å²) in [5.41, 5.74) is 1.20. The third-order valence-electron chi connectivity index (χ3n) is 4.46. The van der Waals surface area contributed by atoms with E-state index in [0.717, 1.165) is 16.1 Å². The van der Waals surface area contributed by atoms with Crippen molar-refractivity contribution in [3.05, 3.63) is 77.6 Å². The van der Waals surface area contributed by atoms with Gasteiger partial charge in [-0.2, -0.15) is 5.26 Å². The second-order valence-corrected chi connectivity index (χ2v) is 10.2. The lowest BCUT2D eigenvalue weighted by Crippen LogP contribution is -2.21. The van der Waals surface area contributed by atoms with Crippen LogP contribution in [-0.2, 0) is 26.2 Å². The topological polar surface area (TPSA) is 130 Å². The lowest BCUT2D eigenvalue weighted by molar-refractivity contribution is -0.113. The molecule has 0 bridgehead atoms. The Morgan fingerprint density at radius 2 is 1.88 bits per heavy atom. The first-order valence-electron chi connectivity index (χ1n) is 9.91. The molecule has 1 amide bonds. The summed E-state index contributed by atoms with van der Waals surface area (Å²) in [7, 11) is -0.957. The van der Waals surface area contributed by atoms with Gasteiger partial charge in [0, 0.05) is 24.7 Å². The van der Waals surface area contributed by atoms with E-state index in [2.05, 4.69) is 5.32 Å². The largest absolute Gasteiger partial charge is 0.454 e. The molecule has 0 unspecified atom stereocenters. The fraction of sp³-hybridized carbons (Fsp3) is 0.174. The zero-order valence-electron chi connectivity index (χ0n) is 18.3. The van der Waals surface area contributed by atoms with E-state index in [1.165, 1.54) is 26.2 Å². The third kappa shape index (κ3) is 6.26. The monoisotopic (exact) mass is 499 g/mol. The number of anilines is 1. The van der Waals surface area contributed by atoms with Crippen LogP contribution in [0.4, 0.5) is 5.69 Å². The van der Waals surface area contributed by atoms with Crippen molar-refractivity contribution < 1.29 is 27.2 Å². The van der Waals surface area contributed by atoms with Gasteiger partial charge in [0.05, 0.1) is 22.9 Å². The number of nitrogens with zero attached hydrogens (tertiary/aromatic N) is 2. The average Bonchev–Trinajstić information content (AvgIpc) is 3.31. The summed E-state index contributed by atoms with van der Waals surface area (Å²) in [6.07, 6.45) is 0. The molecule has 34 heavy (non-hydrogen) atoms. The molecule has 9 nitrogen and oxygen atoms in total. The molecule has 0 spiro atoms. The lowest BCUT2D eigenvalue weighted by Gasteiger charge is -2.10. The van der Waals surface area contributed by atoms with Crippen LogP contribution in [0.3, 0.4) is 0 Å². The maximum absolute atomic E-state index is 12.6. The van der Waals surface area contributed by atoms with Gasteiger partial charge in [-0.05, 0) is 42.5 Å². The number of hydrogen-bond donors (Lipinski definition) is 1. The highest BCUT2D eigenvalue weighted by molar-refractivity contribution is 8.00. The Labute approximate surface area is 201 Å². The SMILES string of the molecule is CN(C)S(=O)(=O)c1ccc(COC(=O)c2ccccc2SCC(=O)Nc2cccc(C#N)c2)o1. The number of nitriles is 1. The van der Waals surface area contributed by atoms with Crippen LogP contribution in [0.15, 0.2) is 75.1 Å². The van der Waals surface area contributed by atoms with E-state index < -0.39 is 16.0 Å². The fourth-order valence-electron chi connectivity index (χ4n) is 2.74. The van der Waals surface area contributed by atoms with Crippen molar-refractivity contribution in [2.24, 2.45) is 0 Å². The highest BCUT2D eigenvalue weighted by Gasteiger charge is 2.22. The number of hydrogen-bond acceptors (Lipinski definition) is 8. The van der Waals surface area contributed by atoms with Gasteiger partial charge in [0.1, 0.15) is 12.4 Å². The molecule has 11 heteroatoms. The first kappa shape index (κ1) is 25.0. The van der Waals surface area contributed by atoms with Crippen molar-refractivity contribution in [1.82, 2.24) is 4.31 Å². The van der Waals surface area contributed by atoms with Crippen LogP contribution in [0, 0.1) is 11.3 Å². The number of sulfonamides is 1. The maximum atomic E-state index is 12.6. The minimum absolute atomic E-state index is 0.0328. The van der Waals surface area contributed by atoms with Gasteiger partial charge < -0.3 is 14.5 Å². The van der Waals surface area contributed by atoms with E-state index in [4.69, 9.17) is 14.4 Å². The Bertz CT molecular complexity index is 1340. The molecule has 3 rings (SSSR count). The van der Waals surface area contributed by atoms with E-state index in [0.29, 0.717) is 16.1 Å². The van der Waals surface area contributed by atoms with E-state index in [1.54, 1.807) is 48.5 Å². The number of ether oxygens (including phenoxy) is 1. The van der Waals surface area contributed by atoms with Crippen LogP contribution in [-0.4, -0.2) is 44.4 Å². The molecular formula is C23H21N3O6S2. The van der Waals surface area contributed by atoms with Crippen LogP contribution in [0.25, 0.3) is 0 Å². The van der Waals surface area contributed by atoms with Gasteiger partial charge in [0.25, 0.3) is 10.0 Å². The van der Waals surface area contributed by atoms with E-state index in [1.807, 2.05) is 6.07 Å². The van der Waals surface area contributed by atoms with Gasteiger partial charge in [-0.3, -0.25) is 4.79 Å². The van der Waals surface area contributed by atoms with Crippen molar-refractivity contribution in [3.8, 4) is 6.07 Å². The Hall–Kier alpha value is -3.59. The zero-order valence-corrected chi connectivity index (χ0v) is 20.0. The Morgan fingerprint density at radius 3 is 2.62 bits per heavy atom. The van der Waals surface area contributed by atoms with E-state index >= 15 is 0 Å². The molecule has 0 atom stereocenters. The van der Waals surface area contributed by atoms with Crippen molar-refractivity contribution in [2.75, 3.05) is 25.2 Å². The second kappa shape index (κ2) is 11.0. The van der Waals surface area contributed by atoms with Crippen LogP contribution in [0.2, 0.25) is 0 Å². The number of carbonyl (C=O) groups excluding carboxylic acids is 2. The van der Waals surface area contributed by atoms with Gasteiger partial charge >= 0.3 is 5.97 Å². The Balaban J connectivity index is 1.60. The van der Waals surface area contributed by atoms with Gasteiger partial charge in [-0.25, -0.2) is 17.5 Å². The van der Waals surface area contributed by atoms with E-state index in [-0.39, 0.29) is 34.7 Å². The van der Waals surface area contributed by atoms with Crippen LogP contribution in [0.1, 0.15) is 21.7 Å². The van der Waals surface area contributed by atoms with E-state index in [9.17, 15) is 18.0 Å². The number of rotatable bonds is 9. The molecule has 0 fully saturated rings. The van der Waals surface area contributed by atoms with Crippen molar-refractivity contribution in [2.45, 2.75) is 16.6 Å². The van der Waals surface area contributed by atoms with Crippen LogP contribution in [0.5, 0.6) is 0 Å². The zero-order chi connectivity index (χ0) is 24.7. The fourth-order valence-corrected chi connectivity index (χ4v) is 4.39. The summed E-state index contributed by atoms with van der Waals surface area (Å²) < 4.78 is 35.8. The molecule has 1 aromatic heterocycles. The molecule has 2 aromatic carbocycles. The van der Waals surface area contributed by atoms with Gasteiger partial charge in [0.2, 0.25) is 11.0 Å². The number of benzene rings is 2. The smallest absolute Gasteiger partial charge is 0.339 e. The first-order valence-corrected chi connectivity index (χ1v) is 12.3. The Morgan fingerprint density at radius 1 is 1.12 bits per heavy atom. The normalized spacial score (nSPS) is 11.1. The number of esters is 1. The highest BCUT2D eigenvalue weighted by atomic mass is 32.2. The van der Waals surface area contributed by atoms with Crippen molar-refractivity contribution in [3.63, 3.8) is 0 Å². The molecule has 1 heterocycles. The second-order valence-electron chi connectivity index (χ2n) is 7.11. The summed E-state index contributed by atoms with van der Waals surface area (Å²) in [5, 5.41) is 11.4. The van der Waals surface area contributed by atoms with Crippen molar-refractivity contribution in [1.29, 1.82) is 5.26 Å². The summed E-state index contributed by atoms with van der Waals surface area (Å²) in [4.78, 5) is 25.5. The number of furan rings is 1. The molecule has 0 aliphatic rings. The standard InChI is InChI=1S/C23H21N3O6S2/c1-26(2)34(29,30)22-11-10-18(32-22)14-31-23(28)19-8-3-4-9-20(19)33-15-21(27)25-17-7-5-6-16(12-17)13-24/h3-12H,14-15H2,1-2H3,(H,25,27). The number of nitrogens with one attached hydrogen (secondary N) is 1. The summed E-state index contributed by atoms with van der Waals surface area (Å²) in [6.45, 7) is -0.253. The first-order chi connectivity index (χ1) is 16.2. The third-order valence-corrected chi connectivity index (χ3v) is 7.22. The molecule has 1 N–H and O–H groups in total. The molecule has 0 aliphatic heterocycles. The molecule has 0 saturated carbocycles. The molecule has 176 valence electrons. The molecular weight excluding hydrogens is 478 g/mol. The lowest BCUT2D eigenvalue weighted by atomic mass is 10.2. The number of thioether (sulfide) groups is 1. The summed E-state index contributed by atoms with van der Waals surface area (Å²) in [6, 6.07) is 18.0. The summed E-state index contributed by atoms with van der Waals surface area (Å²) >= 11 is 1.16. The van der Waals surface area contributed by atoms with Gasteiger partial charge in [0.15, 0.2) is 0 Å². The Kier molecular flexibility index (Phi) is 8.12. The number of amides is 1.